The van der Waals surface area contributed by atoms with Crippen LogP contribution in [0.5, 0.6) is 0 Å². The molecule has 0 spiro atoms. The molecular formula is C9H17NOSSi. The van der Waals surface area contributed by atoms with Crippen molar-refractivity contribution in [1.82, 2.24) is 4.98 Å². The molecule has 1 rings (SSSR count). The molecule has 13 heavy (non-hydrogen) atoms. The van der Waals surface area contributed by atoms with Crippen LogP contribution in [0.2, 0.25) is 19.6 Å². The molecule has 1 aromatic heterocycles. The van der Waals surface area contributed by atoms with Crippen molar-refractivity contribution >= 4 is 19.8 Å². The molecule has 0 N–H and O–H groups in total. The van der Waals surface area contributed by atoms with Gasteiger partial charge < -0.3 is 4.42 Å². The van der Waals surface area contributed by atoms with E-state index in [0.29, 0.717) is 0 Å². The van der Waals surface area contributed by atoms with E-state index in [9.17, 15) is 0 Å². The lowest BCUT2D eigenvalue weighted by atomic mass is 10.4. The highest BCUT2D eigenvalue weighted by molar-refractivity contribution is 8.00. The quantitative estimate of drug-likeness (QED) is 0.572. The van der Waals surface area contributed by atoms with Gasteiger partial charge in [-0.15, -0.1) is 0 Å². The van der Waals surface area contributed by atoms with E-state index in [1.807, 2.05) is 13.8 Å². The zero-order valence-electron chi connectivity index (χ0n) is 8.97. The Hall–Kier alpha value is -0.223. The van der Waals surface area contributed by atoms with Crippen LogP contribution in [0.4, 0.5) is 0 Å². The standard InChI is InChI=1S/C9H17NOSSi/c1-7-8(2)11-9(10-7)12-6-13(3,4)5/h6H2,1-5H3. The van der Waals surface area contributed by atoms with Crippen LogP contribution in [-0.4, -0.2) is 18.4 Å². The van der Waals surface area contributed by atoms with E-state index in [0.717, 1.165) is 16.7 Å². The summed E-state index contributed by atoms with van der Waals surface area (Å²) in [5.41, 5.74) is 1.01. The van der Waals surface area contributed by atoms with Crippen molar-refractivity contribution in [2.45, 2.75) is 38.7 Å². The Morgan fingerprint density at radius 2 is 1.92 bits per heavy atom. The summed E-state index contributed by atoms with van der Waals surface area (Å²) in [6.07, 6.45) is 0. The summed E-state index contributed by atoms with van der Waals surface area (Å²) in [6.45, 7) is 11.0. The number of hydrogen-bond donors (Lipinski definition) is 0. The molecule has 0 saturated carbocycles. The average Bonchev–Trinajstić information content (AvgIpc) is 2.27. The van der Waals surface area contributed by atoms with Gasteiger partial charge in [0.15, 0.2) is 0 Å². The lowest BCUT2D eigenvalue weighted by Crippen LogP contribution is -2.23. The minimum Gasteiger partial charge on any atom is -0.437 e. The summed E-state index contributed by atoms with van der Waals surface area (Å²) in [6, 6.07) is 0. The van der Waals surface area contributed by atoms with Crippen LogP contribution < -0.4 is 0 Å². The number of nitrogens with zero attached hydrogens (tertiary/aromatic N) is 1. The van der Waals surface area contributed by atoms with Crippen LogP contribution >= 0.6 is 11.8 Å². The summed E-state index contributed by atoms with van der Waals surface area (Å²) in [7, 11) is -0.985. The molecule has 0 radical (unpaired) electrons. The summed E-state index contributed by atoms with van der Waals surface area (Å²) < 4.78 is 5.48. The van der Waals surface area contributed by atoms with Crippen molar-refractivity contribution < 1.29 is 4.42 Å². The lowest BCUT2D eigenvalue weighted by Gasteiger charge is -2.12. The van der Waals surface area contributed by atoms with Gasteiger partial charge in [-0.3, -0.25) is 0 Å². The van der Waals surface area contributed by atoms with Crippen molar-refractivity contribution in [3.63, 3.8) is 0 Å². The minimum atomic E-state index is -0.985. The maximum Gasteiger partial charge on any atom is 0.255 e. The number of oxazole rings is 1. The fraction of sp³-hybridized carbons (Fsp3) is 0.667. The Morgan fingerprint density at radius 1 is 1.31 bits per heavy atom. The Balaban J connectivity index is 2.56. The summed E-state index contributed by atoms with van der Waals surface area (Å²) in [5.74, 6) is 0.943. The van der Waals surface area contributed by atoms with Gasteiger partial charge in [0.2, 0.25) is 0 Å². The second-order valence-corrected chi connectivity index (χ2v) is 11.4. The minimum absolute atomic E-state index is 0.831. The molecule has 0 fully saturated rings. The first-order chi connectivity index (χ1) is 5.88. The highest BCUT2D eigenvalue weighted by atomic mass is 32.2. The first-order valence-electron chi connectivity index (χ1n) is 4.45. The van der Waals surface area contributed by atoms with Crippen molar-refractivity contribution in [2.24, 2.45) is 0 Å². The second kappa shape index (κ2) is 3.88. The SMILES string of the molecule is Cc1nc(SC[Si](C)(C)C)oc1C. The van der Waals surface area contributed by atoms with Gasteiger partial charge in [0.1, 0.15) is 5.76 Å². The number of aromatic nitrogens is 1. The highest BCUT2D eigenvalue weighted by Crippen LogP contribution is 2.23. The van der Waals surface area contributed by atoms with Crippen LogP contribution in [0.1, 0.15) is 11.5 Å². The summed E-state index contributed by atoms with van der Waals surface area (Å²) >= 11 is 1.75. The number of hydrogen-bond acceptors (Lipinski definition) is 3. The van der Waals surface area contributed by atoms with Crippen molar-refractivity contribution in [2.75, 3.05) is 5.38 Å². The highest BCUT2D eigenvalue weighted by Gasteiger charge is 2.15. The fourth-order valence-electron chi connectivity index (χ4n) is 0.783. The topological polar surface area (TPSA) is 26.0 Å². The van der Waals surface area contributed by atoms with Crippen molar-refractivity contribution in [3.8, 4) is 0 Å². The van der Waals surface area contributed by atoms with E-state index in [2.05, 4.69) is 24.6 Å². The largest absolute Gasteiger partial charge is 0.437 e. The van der Waals surface area contributed by atoms with Gasteiger partial charge in [-0.2, -0.15) is 0 Å². The lowest BCUT2D eigenvalue weighted by molar-refractivity contribution is 0.431. The van der Waals surface area contributed by atoms with Gasteiger partial charge in [-0.05, 0) is 19.2 Å². The average molecular weight is 215 g/mol. The van der Waals surface area contributed by atoms with E-state index in [4.69, 9.17) is 4.42 Å². The van der Waals surface area contributed by atoms with E-state index >= 15 is 0 Å². The monoisotopic (exact) mass is 215 g/mol. The number of aryl methyl sites for hydroxylation is 2. The van der Waals surface area contributed by atoms with Crippen LogP contribution in [0.15, 0.2) is 9.64 Å². The first-order valence-corrected chi connectivity index (χ1v) is 9.14. The molecule has 74 valence electrons. The first kappa shape index (κ1) is 10.9. The smallest absolute Gasteiger partial charge is 0.255 e. The van der Waals surface area contributed by atoms with Gasteiger partial charge >= 0.3 is 0 Å². The molecule has 0 aliphatic heterocycles. The van der Waals surface area contributed by atoms with Crippen molar-refractivity contribution in [1.29, 1.82) is 0 Å². The molecule has 0 aliphatic carbocycles. The molecule has 0 saturated heterocycles. The zero-order valence-corrected chi connectivity index (χ0v) is 10.8. The zero-order chi connectivity index (χ0) is 10.1. The Labute approximate surface area is 85.1 Å². The van der Waals surface area contributed by atoms with Gasteiger partial charge in [-0.1, -0.05) is 31.4 Å². The molecule has 2 nitrogen and oxygen atoms in total. The third-order valence-corrected chi connectivity index (χ3v) is 6.10. The van der Waals surface area contributed by atoms with Gasteiger partial charge in [0, 0.05) is 0 Å². The van der Waals surface area contributed by atoms with Gasteiger partial charge in [0.25, 0.3) is 5.22 Å². The second-order valence-electron chi connectivity index (χ2n) is 4.47. The fourth-order valence-corrected chi connectivity index (χ4v) is 3.39. The van der Waals surface area contributed by atoms with Crippen LogP contribution in [0, 0.1) is 13.8 Å². The molecule has 0 aliphatic rings. The molecule has 0 atom stereocenters. The summed E-state index contributed by atoms with van der Waals surface area (Å²) in [5, 5.41) is 2.00. The van der Waals surface area contributed by atoms with E-state index in [-0.39, 0.29) is 0 Å². The third-order valence-electron chi connectivity index (χ3n) is 1.64. The molecule has 4 heteroatoms. The van der Waals surface area contributed by atoms with Crippen LogP contribution in [0.25, 0.3) is 0 Å². The molecule has 0 unspecified atom stereocenters. The normalized spacial score (nSPS) is 12.1. The molecule has 1 aromatic rings. The molecule has 0 aromatic carbocycles. The molecular weight excluding hydrogens is 198 g/mol. The Morgan fingerprint density at radius 3 is 2.31 bits per heavy atom. The Kier molecular flexibility index (Phi) is 3.24. The van der Waals surface area contributed by atoms with E-state index < -0.39 is 8.07 Å². The third kappa shape index (κ3) is 3.56. The molecule has 1 heterocycles. The van der Waals surface area contributed by atoms with Crippen LogP contribution in [-0.2, 0) is 0 Å². The number of rotatable bonds is 3. The maximum atomic E-state index is 5.48. The predicted molar refractivity (Wildman–Crippen MR) is 60.0 cm³/mol. The van der Waals surface area contributed by atoms with Crippen LogP contribution in [0.3, 0.4) is 0 Å². The van der Waals surface area contributed by atoms with Gasteiger partial charge in [0.05, 0.1) is 13.8 Å². The summed E-state index contributed by atoms with van der Waals surface area (Å²) in [4.78, 5) is 4.33. The molecule has 0 amide bonds. The Bertz CT molecular complexity index is 271. The molecule has 0 bridgehead atoms. The van der Waals surface area contributed by atoms with Crippen molar-refractivity contribution in [3.05, 3.63) is 11.5 Å². The maximum absolute atomic E-state index is 5.48. The predicted octanol–water partition coefficient (Wildman–Crippen LogP) is 3.26. The van der Waals surface area contributed by atoms with E-state index in [1.54, 1.807) is 11.8 Å². The van der Waals surface area contributed by atoms with Gasteiger partial charge in [-0.25, -0.2) is 4.98 Å². The van der Waals surface area contributed by atoms with E-state index in [1.165, 1.54) is 5.38 Å². The number of thioether (sulfide) groups is 1.